The third-order valence-corrected chi connectivity index (χ3v) is 3.54. The smallest absolute Gasteiger partial charge is 0.406 e. The molecule has 1 N–H and O–H groups in total. The number of hydrogen-bond acceptors (Lipinski definition) is 7. The van der Waals surface area contributed by atoms with Crippen molar-refractivity contribution in [1.29, 1.82) is 0 Å². The van der Waals surface area contributed by atoms with Gasteiger partial charge in [0.05, 0.1) is 4.92 Å². The summed E-state index contributed by atoms with van der Waals surface area (Å²) in [5, 5.41) is 14.3. The zero-order chi connectivity index (χ0) is 20.0. The van der Waals surface area contributed by atoms with Crippen LogP contribution in [0.1, 0.15) is 19.8 Å². The van der Waals surface area contributed by atoms with Gasteiger partial charge in [0.25, 0.3) is 0 Å². The maximum Gasteiger partial charge on any atom is 0.573 e. The number of nitrogens with one attached hydrogen (secondary N) is 1. The SMILES string of the molecule is CCCCN(C)c1ncnc(Nc2ccc(OC(F)(F)F)cc2)c1[N+](=O)[O-]. The number of hydrogen-bond donors (Lipinski definition) is 1. The summed E-state index contributed by atoms with van der Waals surface area (Å²) >= 11 is 0. The lowest BCUT2D eigenvalue weighted by atomic mass is 10.3. The minimum atomic E-state index is -4.79. The average Bonchev–Trinajstić information content (AvgIpc) is 2.59. The van der Waals surface area contributed by atoms with Gasteiger partial charge >= 0.3 is 12.0 Å². The van der Waals surface area contributed by atoms with Crippen molar-refractivity contribution >= 4 is 23.0 Å². The Bertz CT molecular complexity index is 784. The molecule has 0 spiro atoms. The molecule has 0 saturated carbocycles. The monoisotopic (exact) mass is 385 g/mol. The molecule has 2 rings (SSSR count). The van der Waals surface area contributed by atoms with E-state index in [0.29, 0.717) is 12.2 Å². The molecule has 0 bridgehead atoms. The topological polar surface area (TPSA) is 93.4 Å². The molecule has 11 heteroatoms. The molecule has 1 aromatic carbocycles. The second kappa shape index (κ2) is 8.52. The molecule has 1 aromatic heterocycles. The van der Waals surface area contributed by atoms with Gasteiger partial charge in [-0.2, -0.15) is 0 Å². The summed E-state index contributed by atoms with van der Waals surface area (Å²) in [6, 6.07) is 4.79. The molecule has 27 heavy (non-hydrogen) atoms. The molecule has 0 radical (unpaired) electrons. The molecule has 0 aliphatic carbocycles. The fraction of sp³-hybridized carbons (Fsp3) is 0.375. The van der Waals surface area contributed by atoms with Crippen molar-refractivity contribution in [2.45, 2.75) is 26.1 Å². The Morgan fingerprint density at radius 3 is 2.48 bits per heavy atom. The molecule has 0 atom stereocenters. The van der Waals surface area contributed by atoms with Crippen LogP contribution in [0.25, 0.3) is 0 Å². The lowest BCUT2D eigenvalue weighted by molar-refractivity contribution is -0.383. The van der Waals surface area contributed by atoms with E-state index in [1.165, 1.54) is 18.5 Å². The summed E-state index contributed by atoms with van der Waals surface area (Å²) in [7, 11) is 1.69. The van der Waals surface area contributed by atoms with Crippen molar-refractivity contribution < 1.29 is 22.8 Å². The molecule has 0 amide bonds. The van der Waals surface area contributed by atoms with E-state index in [1.807, 2.05) is 6.92 Å². The number of ether oxygens (including phenoxy) is 1. The summed E-state index contributed by atoms with van der Waals surface area (Å²) in [5.74, 6) is -0.300. The van der Waals surface area contributed by atoms with Gasteiger partial charge < -0.3 is 15.0 Å². The van der Waals surface area contributed by atoms with Crippen molar-refractivity contribution in [3.63, 3.8) is 0 Å². The number of nitro groups is 1. The molecule has 0 fully saturated rings. The molecule has 0 aliphatic heterocycles. The van der Waals surface area contributed by atoms with Gasteiger partial charge in [-0.05, 0) is 30.7 Å². The second-order valence-corrected chi connectivity index (χ2v) is 5.62. The maximum atomic E-state index is 12.2. The predicted octanol–water partition coefficient (Wildman–Crippen LogP) is 4.26. The number of unbranched alkanes of at least 4 members (excludes halogenated alkanes) is 1. The van der Waals surface area contributed by atoms with E-state index < -0.39 is 17.0 Å². The van der Waals surface area contributed by atoms with Gasteiger partial charge in [-0.1, -0.05) is 13.3 Å². The van der Waals surface area contributed by atoms with Crippen molar-refractivity contribution in [3.05, 3.63) is 40.7 Å². The Labute approximate surface area is 153 Å². The first kappa shape index (κ1) is 20.2. The molecular weight excluding hydrogens is 367 g/mol. The Hall–Kier alpha value is -3.11. The molecule has 0 saturated heterocycles. The van der Waals surface area contributed by atoms with Gasteiger partial charge in [0.15, 0.2) is 0 Å². The molecule has 8 nitrogen and oxygen atoms in total. The van der Waals surface area contributed by atoms with Gasteiger partial charge in [-0.15, -0.1) is 13.2 Å². The summed E-state index contributed by atoms with van der Waals surface area (Å²) < 4.78 is 40.4. The molecule has 1 heterocycles. The van der Waals surface area contributed by atoms with E-state index in [0.717, 1.165) is 25.0 Å². The normalized spacial score (nSPS) is 11.1. The zero-order valence-electron chi connectivity index (χ0n) is 14.7. The van der Waals surface area contributed by atoms with Crippen LogP contribution in [0.3, 0.4) is 0 Å². The van der Waals surface area contributed by atoms with E-state index in [4.69, 9.17) is 0 Å². The zero-order valence-corrected chi connectivity index (χ0v) is 14.7. The first-order chi connectivity index (χ1) is 12.7. The van der Waals surface area contributed by atoms with E-state index >= 15 is 0 Å². The Kier molecular flexibility index (Phi) is 6.37. The van der Waals surface area contributed by atoms with E-state index in [-0.39, 0.29) is 17.3 Å². The van der Waals surface area contributed by atoms with Crippen LogP contribution in [0.2, 0.25) is 0 Å². The predicted molar refractivity (Wildman–Crippen MR) is 93.3 cm³/mol. The van der Waals surface area contributed by atoms with Crippen molar-refractivity contribution in [2.75, 3.05) is 23.8 Å². The highest BCUT2D eigenvalue weighted by Gasteiger charge is 2.31. The second-order valence-electron chi connectivity index (χ2n) is 5.62. The largest absolute Gasteiger partial charge is 0.573 e. The fourth-order valence-corrected chi connectivity index (χ4v) is 2.29. The van der Waals surface area contributed by atoms with Crippen LogP contribution in [-0.4, -0.2) is 34.8 Å². The Morgan fingerprint density at radius 1 is 1.26 bits per heavy atom. The van der Waals surface area contributed by atoms with Crippen LogP contribution >= 0.6 is 0 Å². The Morgan fingerprint density at radius 2 is 1.93 bits per heavy atom. The third-order valence-electron chi connectivity index (χ3n) is 3.54. The van der Waals surface area contributed by atoms with Gasteiger partial charge in [0, 0.05) is 19.3 Å². The quantitative estimate of drug-likeness (QED) is 0.536. The molecule has 0 unspecified atom stereocenters. The van der Waals surface area contributed by atoms with Crippen LogP contribution in [0, 0.1) is 10.1 Å². The first-order valence-electron chi connectivity index (χ1n) is 8.04. The summed E-state index contributed by atoms with van der Waals surface area (Å²) in [6.45, 7) is 2.58. The summed E-state index contributed by atoms with van der Waals surface area (Å²) in [6.07, 6.45) is -1.85. The number of anilines is 3. The van der Waals surface area contributed by atoms with Crippen molar-refractivity contribution in [2.24, 2.45) is 0 Å². The fourth-order valence-electron chi connectivity index (χ4n) is 2.29. The summed E-state index contributed by atoms with van der Waals surface area (Å²) in [4.78, 5) is 20.5. The lowest BCUT2D eigenvalue weighted by Gasteiger charge is -2.18. The van der Waals surface area contributed by atoms with Crippen molar-refractivity contribution in [3.8, 4) is 5.75 Å². The number of rotatable bonds is 8. The molecule has 146 valence electrons. The number of benzene rings is 1. The van der Waals surface area contributed by atoms with E-state index in [2.05, 4.69) is 20.0 Å². The van der Waals surface area contributed by atoms with Crippen molar-refractivity contribution in [1.82, 2.24) is 9.97 Å². The third kappa shape index (κ3) is 5.69. The van der Waals surface area contributed by atoms with Crippen LogP contribution in [0.4, 0.5) is 36.2 Å². The molecule has 2 aromatic rings. The maximum absolute atomic E-state index is 12.2. The van der Waals surface area contributed by atoms with E-state index in [9.17, 15) is 23.3 Å². The van der Waals surface area contributed by atoms with Gasteiger partial charge in [-0.25, -0.2) is 9.97 Å². The molecule has 0 aliphatic rings. The number of aromatic nitrogens is 2. The highest BCUT2D eigenvalue weighted by molar-refractivity contribution is 5.74. The number of halogens is 3. The van der Waals surface area contributed by atoms with Gasteiger partial charge in [0.1, 0.15) is 12.1 Å². The first-order valence-corrected chi connectivity index (χ1v) is 8.04. The van der Waals surface area contributed by atoms with E-state index in [1.54, 1.807) is 11.9 Å². The van der Waals surface area contributed by atoms with Gasteiger partial charge in [-0.3, -0.25) is 10.1 Å². The number of nitrogens with zero attached hydrogens (tertiary/aromatic N) is 4. The molecular formula is C16H18F3N5O3. The lowest BCUT2D eigenvalue weighted by Crippen LogP contribution is -2.21. The highest BCUT2D eigenvalue weighted by atomic mass is 19.4. The minimum absolute atomic E-state index is 0.0576. The highest BCUT2D eigenvalue weighted by Crippen LogP contribution is 2.33. The summed E-state index contributed by atoms with van der Waals surface area (Å²) in [5.41, 5.74) is 0.000192. The van der Waals surface area contributed by atoms with Crippen LogP contribution in [0.15, 0.2) is 30.6 Å². The van der Waals surface area contributed by atoms with Gasteiger partial charge in [0.2, 0.25) is 11.6 Å². The Balaban J connectivity index is 2.26. The minimum Gasteiger partial charge on any atom is -0.406 e. The van der Waals surface area contributed by atoms with Crippen LogP contribution < -0.4 is 15.0 Å². The standard InChI is InChI=1S/C16H18F3N5O3/c1-3-4-9-23(2)15-13(24(25)26)14(20-10-21-15)22-11-5-7-12(8-6-11)27-16(17,18)19/h5-8,10H,3-4,9H2,1-2H3,(H,20,21,22). The van der Waals surface area contributed by atoms with Crippen LogP contribution in [-0.2, 0) is 0 Å². The average molecular weight is 385 g/mol. The number of alkyl halides is 3. The van der Waals surface area contributed by atoms with Crippen LogP contribution in [0.5, 0.6) is 5.75 Å².